The topological polar surface area (TPSA) is 27.0 Å². The van der Waals surface area contributed by atoms with Crippen molar-refractivity contribution >= 4 is 0 Å². The summed E-state index contributed by atoms with van der Waals surface area (Å²) in [5.74, 6) is -11.7. The molecule has 2 atom stereocenters. The second-order valence-corrected chi connectivity index (χ2v) is 6.40. The number of benzene rings is 1. The van der Waals surface area contributed by atoms with Gasteiger partial charge in [0.25, 0.3) is 0 Å². The zero-order chi connectivity index (χ0) is 16.8. The summed E-state index contributed by atoms with van der Waals surface area (Å²) >= 11 is 0. The Hall–Kier alpha value is -1.68. The number of halogens is 5. The molecular formula is C15H15F5N2. The zero-order valence-electron chi connectivity index (χ0n) is 12.4. The van der Waals surface area contributed by atoms with E-state index in [2.05, 4.69) is 0 Å². The van der Waals surface area contributed by atoms with Crippen LogP contribution in [0.2, 0.25) is 0 Å². The molecule has 0 aliphatic carbocycles. The third-order valence-corrected chi connectivity index (χ3v) is 4.05. The van der Waals surface area contributed by atoms with E-state index in [1.54, 1.807) is 4.90 Å². The average molecular weight is 318 g/mol. The molecule has 0 radical (unpaired) electrons. The molecule has 2 nitrogen and oxygen atoms in total. The minimum absolute atomic E-state index is 0.0556. The van der Waals surface area contributed by atoms with Crippen LogP contribution >= 0.6 is 0 Å². The molecule has 0 saturated carbocycles. The van der Waals surface area contributed by atoms with Gasteiger partial charge in [-0.1, -0.05) is 0 Å². The third-order valence-electron chi connectivity index (χ3n) is 4.05. The van der Waals surface area contributed by atoms with Crippen LogP contribution in [-0.4, -0.2) is 23.5 Å². The molecule has 120 valence electrons. The molecule has 0 spiro atoms. The summed E-state index contributed by atoms with van der Waals surface area (Å²) < 4.78 is 67.7. The molecule has 1 heterocycles. The highest BCUT2D eigenvalue weighted by Gasteiger charge is 2.42. The van der Waals surface area contributed by atoms with Crippen molar-refractivity contribution in [3.8, 4) is 6.07 Å². The lowest BCUT2D eigenvalue weighted by Crippen LogP contribution is -2.39. The molecule has 0 bridgehead atoms. The van der Waals surface area contributed by atoms with E-state index in [0.717, 1.165) is 0 Å². The van der Waals surface area contributed by atoms with Gasteiger partial charge in [-0.25, -0.2) is 22.0 Å². The predicted molar refractivity (Wildman–Crippen MR) is 69.4 cm³/mol. The second kappa shape index (κ2) is 5.51. The van der Waals surface area contributed by atoms with Crippen LogP contribution in [0.4, 0.5) is 22.0 Å². The van der Waals surface area contributed by atoms with Gasteiger partial charge in [0.15, 0.2) is 23.3 Å². The van der Waals surface area contributed by atoms with Crippen molar-refractivity contribution in [3.05, 3.63) is 34.6 Å². The first-order chi connectivity index (χ1) is 10.1. The normalized spacial score (nSPS) is 22.9. The number of hydrogen-bond acceptors (Lipinski definition) is 2. The number of nitriles is 1. The monoisotopic (exact) mass is 318 g/mol. The van der Waals surface area contributed by atoms with Crippen molar-refractivity contribution in [1.82, 2.24) is 4.90 Å². The van der Waals surface area contributed by atoms with Gasteiger partial charge in [-0.05, 0) is 20.8 Å². The molecule has 0 aromatic heterocycles. The molecule has 1 aromatic rings. The molecule has 1 saturated heterocycles. The lowest BCUT2D eigenvalue weighted by molar-refractivity contribution is 0.169. The van der Waals surface area contributed by atoms with Gasteiger partial charge in [0.1, 0.15) is 0 Å². The summed E-state index contributed by atoms with van der Waals surface area (Å²) in [5, 5.41) is 9.17. The standard InChI is InChI=1S/C15H15F5N2/c1-15(2,3)22-5-7(4-21)8(6-22)9-10(16)12(18)14(20)13(19)11(9)17/h7-8H,5-6H2,1-3H3/t7-,8-/m0/s1. The molecule has 1 aliphatic rings. The molecule has 1 aromatic carbocycles. The summed E-state index contributed by atoms with van der Waals surface area (Å²) in [4.78, 5) is 1.80. The van der Waals surface area contributed by atoms with Gasteiger partial charge in [0, 0.05) is 30.1 Å². The van der Waals surface area contributed by atoms with Gasteiger partial charge in [-0.3, -0.25) is 4.90 Å². The quantitative estimate of drug-likeness (QED) is 0.448. The molecule has 0 N–H and O–H groups in total. The van der Waals surface area contributed by atoms with E-state index in [1.165, 1.54) is 0 Å². The Labute approximate surface area is 125 Å². The van der Waals surface area contributed by atoms with E-state index in [1.807, 2.05) is 26.8 Å². The van der Waals surface area contributed by atoms with E-state index >= 15 is 0 Å². The van der Waals surface area contributed by atoms with Crippen LogP contribution in [0.3, 0.4) is 0 Å². The first kappa shape index (κ1) is 16.7. The SMILES string of the molecule is CC(C)(C)N1C[C@H](c2c(F)c(F)c(F)c(F)c2F)[C@@H](C#N)C1. The van der Waals surface area contributed by atoms with Crippen LogP contribution in [0.5, 0.6) is 0 Å². The van der Waals surface area contributed by atoms with Crippen molar-refractivity contribution < 1.29 is 22.0 Å². The minimum Gasteiger partial charge on any atom is -0.297 e. The molecule has 0 amide bonds. The van der Waals surface area contributed by atoms with Gasteiger partial charge in [0.2, 0.25) is 5.82 Å². The predicted octanol–water partition coefficient (Wildman–Crippen LogP) is 3.72. The van der Waals surface area contributed by atoms with Crippen molar-refractivity contribution in [2.45, 2.75) is 32.2 Å². The third kappa shape index (κ3) is 2.56. The summed E-state index contributed by atoms with van der Waals surface area (Å²) in [6.45, 7) is 5.82. The summed E-state index contributed by atoms with van der Waals surface area (Å²) in [7, 11) is 0. The molecular weight excluding hydrogens is 303 g/mol. The Morgan fingerprint density at radius 1 is 0.909 bits per heavy atom. The summed E-state index contributed by atoms with van der Waals surface area (Å²) in [6.07, 6.45) is 0. The van der Waals surface area contributed by atoms with Crippen LogP contribution in [0.1, 0.15) is 32.3 Å². The number of hydrogen-bond donors (Lipinski definition) is 0. The van der Waals surface area contributed by atoms with E-state index in [9.17, 15) is 27.2 Å². The Balaban J connectivity index is 2.55. The fraction of sp³-hybridized carbons (Fsp3) is 0.533. The van der Waals surface area contributed by atoms with Gasteiger partial charge in [-0.2, -0.15) is 5.26 Å². The zero-order valence-corrected chi connectivity index (χ0v) is 12.4. The minimum atomic E-state index is -2.18. The number of likely N-dealkylation sites (tertiary alicyclic amines) is 1. The maximum absolute atomic E-state index is 13.9. The van der Waals surface area contributed by atoms with Crippen LogP contribution in [0.25, 0.3) is 0 Å². The Kier molecular flexibility index (Phi) is 4.18. The maximum atomic E-state index is 13.9. The van der Waals surface area contributed by atoms with Crippen LogP contribution < -0.4 is 0 Å². The van der Waals surface area contributed by atoms with Crippen molar-refractivity contribution in [1.29, 1.82) is 5.26 Å². The Morgan fingerprint density at radius 2 is 1.36 bits per heavy atom. The molecule has 2 rings (SSSR count). The lowest BCUT2D eigenvalue weighted by Gasteiger charge is -2.31. The van der Waals surface area contributed by atoms with Crippen LogP contribution in [0.15, 0.2) is 0 Å². The van der Waals surface area contributed by atoms with Gasteiger partial charge < -0.3 is 0 Å². The van der Waals surface area contributed by atoms with Crippen LogP contribution in [0, 0.1) is 46.3 Å². The summed E-state index contributed by atoms with van der Waals surface area (Å²) in [6, 6.07) is 1.91. The molecule has 7 heteroatoms. The van der Waals surface area contributed by atoms with Gasteiger partial charge in [0.05, 0.1) is 12.0 Å². The van der Waals surface area contributed by atoms with E-state index in [4.69, 9.17) is 0 Å². The second-order valence-electron chi connectivity index (χ2n) is 6.40. The van der Waals surface area contributed by atoms with E-state index in [0.29, 0.717) is 0 Å². The van der Waals surface area contributed by atoms with Crippen LogP contribution in [-0.2, 0) is 0 Å². The Morgan fingerprint density at radius 3 is 1.77 bits per heavy atom. The lowest BCUT2D eigenvalue weighted by atomic mass is 9.89. The molecule has 1 fully saturated rings. The number of nitrogens with zero attached hydrogens (tertiary/aromatic N) is 2. The highest BCUT2D eigenvalue weighted by molar-refractivity contribution is 5.31. The first-order valence-electron chi connectivity index (χ1n) is 6.75. The fourth-order valence-corrected chi connectivity index (χ4v) is 2.72. The Bertz CT molecular complexity index is 616. The van der Waals surface area contributed by atoms with Gasteiger partial charge >= 0.3 is 0 Å². The number of rotatable bonds is 1. The van der Waals surface area contributed by atoms with Gasteiger partial charge in [-0.15, -0.1) is 0 Å². The highest BCUT2D eigenvalue weighted by Crippen LogP contribution is 2.39. The molecule has 0 unspecified atom stereocenters. The highest BCUT2D eigenvalue weighted by atomic mass is 19.2. The largest absolute Gasteiger partial charge is 0.297 e. The average Bonchev–Trinajstić information content (AvgIpc) is 2.87. The van der Waals surface area contributed by atoms with Crippen molar-refractivity contribution in [2.24, 2.45) is 5.92 Å². The van der Waals surface area contributed by atoms with Crippen molar-refractivity contribution in [3.63, 3.8) is 0 Å². The first-order valence-corrected chi connectivity index (χ1v) is 6.75. The van der Waals surface area contributed by atoms with Crippen molar-refractivity contribution in [2.75, 3.05) is 13.1 Å². The smallest absolute Gasteiger partial charge is 0.200 e. The molecule has 1 aliphatic heterocycles. The maximum Gasteiger partial charge on any atom is 0.200 e. The van der Waals surface area contributed by atoms with E-state index < -0.39 is 46.5 Å². The summed E-state index contributed by atoms with van der Waals surface area (Å²) in [5.41, 5.74) is -1.27. The molecule has 22 heavy (non-hydrogen) atoms. The van der Waals surface area contributed by atoms with E-state index in [-0.39, 0.29) is 18.6 Å². The fourth-order valence-electron chi connectivity index (χ4n) is 2.72.